The van der Waals surface area contributed by atoms with Gasteiger partial charge in [-0.1, -0.05) is 0 Å². The van der Waals surface area contributed by atoms with Crippen LogP contribution in [0.5, 0.6) is 0 Å². The Labute approximate surface area is 156 Å². The van der Waals surface area contributed by atoms with Gasteiger partial charge in [-0.25, -0.2) is 0 Å². The molecule has 0 aromatic carbocycles. The van der Waals surface area contributed by atoms with Gasteiger partial charge in [0.25, 0.3) is 0 Å². The van der Waals surface area contributed by atoms with Gasteiger partial charge in [-0.05, 0) is 85.8 Å². The molecule has 0 spiro atoms. The fourth-order valence-corrected chi connectivity index (χ4v) is 6.89. The van der Waals surface area contributed by atoms with Crippen molar-refractivity contribution in [1.29, 1.82) is 0 Å². The predicted molar refractivity (Wildman–Crippen MR) is 99.4 cm³/mol. The normalized spacial score (nSPS) is 40.7. The smallest absolute Gasteiger partial charge is 0.220 e. The molecule has 2 unspecified atom stereocenters. The average Bonchev–Trinajstić information content (AvgIpc) is 3.00. The second-order valence-corrected chi connectivity index (χ2v) is 9.63. The van der Waals surface area contributed by atoms with E-state index in [0.29, 0.717) is 17.9 Å². The molecule has 1 amide bonds. The maximum Gasteiger partial charge on any atom is 0.220 e. The topological polar surface area (TPSA) is 51.2 Å². The lowest BCUT2D eigenvalue weighted by Crippen LogP contribution is -2.49. The second-order valence-electron chi connectivity index (χ2n) is 9.63. The van der Waals surface area contributed by atoms with Gasteiger partial charge in [0.1, 0.15) is 0 Å². The van der Waals surface area contributed by atoms with Gasteiger partial charge in [0.15, 0.2) is 0 Å². The monoisotopic (exact) mass is 354 g/mol. The highest BCUT2D eigenvalue weighted by atomic mass is 16.5. The summed E-state index contributed by atoms with van der Waals surface area (Å²) >= 11 is 0. The molecule has 0 radical (unpaired) electrons. The summed E-state index contributed by atoms with van der Waals surface area (Å²) in [6.07, 6.45) is 13.6. The summed E-state index contributed by atoms with van der Waals surface area (Å²) < 4.78 is 5.71. The quantitative estimate of drug-likeness (QED) is 0.882. The Morgan fingerprint density at radius 3 is 2.38 bits per heavy atom. The summed E-state index contributed by atoms with van der Waals surface area (Å²) in [7, 11) is 0. The van der Waals surface area contributed by atoms with Crippen LogP contribution in [0, 0.1) is 29.1 Å². The average molecular weight is 354 g/mol. The van der Waals surface area contributed by atoms with Gasteiger partial charge >= 0.3 is 0 Å². The molecule has 4 bridgehead atoms. The van der Waals surface area contributed by atoms with E-state index in [-0.39, 0.29) is 11.9 Å². The number of pyridine rings is 1. The molecule has 4 saturated carbocycles. The third kappa shape index (κ3) is 3.28. The Morgan fingerprint density at radius 2 is 1.73 bits per heavy atom. The number of hydrogen-bond acceptors (Lipinski definition) is 3. The molecule has 2 atom stereocenters. The molecule has 5 fully saturated rings. The largest absolute Gasteiger partial charge is 0.379 e. The van der Waals surface area contributed by atoms with Crippen molar-refractivity contribution >= 4 is 5.91 Å². The van der Waals surface area contributed by atoms with E-state index in [1.54, 1.807) is 0 Å². The first-order chi connectivity index (χ1) is 12.7. The van der Waals surface area contributed by atoms with E-state index in [9.17, 15) is 4.79 Å². The molecule has 2 heterocycles. The molecule has 6 rings (SSSR count). The van der Waals surface area contributed by atoms with Crippen LogP contribution in [0.25, 0.3) is 0 Å². The molecule has 4 heteroatoms. The minimum Gasteiger partial charge on any atom is -0.379 e. The fourth-order valence-electron chi connectivity index (χ4n) is 6.89. The van der Waals surface area contributed by atoms with E-state index < -0.39 is 0 Å². The first kappa shape index (κ1) is 16.7. The highest BCUT2D eigenvalue weighted by molar-refractivity contribution is 5.77. The third-order valence-electron chi connectivity index (χ3n) is 7.49. The Balaban J connectivity index is 1.20. The van der Waals surface area contributed by atoms with E-state index in [2.05, 4.69) is 22.4 Å². The van der Waals surface area contributed by atoms with E-state index >= 15 is 0 Å². The Morgan fingerprint density at radius 1 is 1.08 bits per heavy atom. The summed E-state index contributed by atoms with van der Waals surface area (Å²) in [4.78, 5) is 17.0. The number of nitrogens with zero attached hydrogens (tertiary/aromatic N) is 1. The number of carbonyl (C=O) groups excluding carboxylic acids is 1. The van der Waals surface area contributed by atoms with Crippen LogP contribution in [0.3, 0.4) is 0 Å². The molecule has 4 aliphatic carbocycles. The van der Waals surface area contributed by atoms with Crippen molar-refractivity contribution in [3.63, 3.8) is 0 Å². The minimum atomic E-state index is 0.157. The van der Waals surface area contributed by atoms with Gasteiger partial charge in [0.05, 0.1) is 19.3 Å². The maximum absolute atomic E-state index is 12.9. The van der Waals surface area contributed by atoms with Crippen LogP contribution in [0.4, 0.5) is 0 Å². The van der Waals surface area contributed by atoms with Crippen molar-refractivity contribution in [2.75, 3.05) is 13.2 Å². The zero-order valence-electron chi connectivity index (χ0n) is 15.5. The molecule has 26 heavy (non-hydrogen) atoms. The zero-order valence-corrected chi connectivity index (χ0v) is 15.5. The molecular formula is C22H30N2O2. The minimum absolute atomic E-state index is 0.157. The molecule has 1 aromatic rings. The standard InChI is InChI=1S/C22H30N2O2/c25-21(12-22-9-16-5-17(10-22)7-18(6-16)11-22)24-20-14-26-13-19(20)8-15-1-3-23-4-2-15/h1-4,16-20H,5-14H2,(H,24,25). The number of aromatic nitrogens is 1. The lowest BCUT2D eigenvalue weighted by Gasteiger charge is -2.56. The van der Waals surface area contributed by atoms with Gasteiger partial charge in [-0.15, -0.1) is 0 Å². The summed E-state index contributed by atoms with van der Waals surface area (Å²) in [5, 5.41) is 3.34. The van der Waals surface area contributed by atoms with Gasteiger partial charge in [-0.2, -0.15) is 0 Å². The number of amides is 1. The van der Waals surface area contributed by atoms with Crippen molar-refractivity contribution in [2.45, 2.75) is 57.4 Å². The molecular weight excluding hydrogens is 324 g/mol. The Bertz CT molecular complexity index is 624. The third-order valence-corrected chi connectivity index (χ3v) is 7.49. The van der Waals surface area contributed by atoms with E-state index in [0.717, 1.165) is 37.2 Å². The molecule has 5 aliphatic rings. The first-order valence-corrected chi connectivity index (χ1v) is 10.4. The highest BCUT2D eigenvalue weighted by Gasteiger charge is 2.51. The van der Waals surface area contributed by atoms with Crippen molar-refractivity contribution < 1.29 is 9.53 Å². The lowest BCUT2D eigenvalue weighted by molar-refractivity contribution is -0.130. The van der Waals surface area contributed by atoms with Crippen molar-refractivity contribution in [3.05, 3.63) is 30.1 Å². The van der Waals surface area contributed by atoms with E-state index in [1.165, 1.54) is 44.1 Å². The van der Waals surface area contributed by atoms with Crippen LogP contribution in [0.1, 0.15) is 50.5 Å². The SMILES string of the molecule is O=C(CC12CC3CC(CC(C3)C1)C2)NC1COCC1Cc1ccncc1. The lowest BCUT2D eigenvalue weighted by atomic mass is 9.49. The van der Waals surface area contributed by atoms with Crippen LogP contribution in [0.15, 0.2) is 24.5 Å². The van der Waals surface area contributed by atoms with Gasteiger partial charge in [0.2, 0.25) is 5.91 Å². The first-order valence-electron chi connectivity index (χ1n) is 10.4. The van der Waals surface area contributed by atoms with Gasteiger partial charge < -0.3 is 10.1 Å². The van der Waals surface area contributed by atoms with Crippen LogP contribution < -0.4 is 5.32 Å². The van der Waals surface area contributed by atoms with Crippen molar-refractivity contribution in [3.8, 4) is 0 Å². The van der Waals surface area contributed by atoms with Crippen molar-refractivity contribution in [2.24, 2.45) is 29.1 Å². The Hall–Kier alpha value is -1.42. The van der Waals surface area contributed by atoms with E-state index in [4.69, 9.17) is 4.74 Å². The molecule has 4 nitrogen and oxygen atoms in total. The zero-order chi connectivity index (χ0) is 17.6. The number of nitrogens with one attached hydrogen (secondary N) is 1. The summed E-state index contributed by atoms with van der Waals surface area (Å²) in [6.45, 7) is 1.40. The molecule has 1 aliphatic heterocycles. The molecule has 140 valence electrons. The van der Waals surface area contributed by atoms with Gasteiger partial charge in [0, 0.05) is 24.7 Å². The van der Waals surface area contributed by atoms with Crippen molar-refractivity contribution in [1.82, 2.24) is 10.3 Å². The number of rotatable bonds is 5. The van der Waals surface area contributed by atoms with E-state index in [1.807, 2.05) is 12.4 Å². The fraction of sp³-hybridized carbons (Fsp3) is 0.727. The summed E-state index contributed by atoms with van der Waals surface area (Å²) in [5.74, 6) is 3.36. The predicted octanol–water partition coefficient (Wildman–Crippen LogP) is 3.36. The van der Waals surface area contributed by atoms with Crippen LogP contribution in [-0.4, -0.2) is 30.1 Å². The molecule has 1 aromatic heterocycles. The second kappa shape index (κ2) is 6.63. The summed E-state index contributed by atoms with van der Waals surface area (Å²) in [5.41, 5.74) is 1.59. The highest BCUT2D eigenvalue weighted by Crippen LogP contribution is 2.61. The van der Waals surface area contributed by atoms with Gasteiger partial charge in [-0.3, -0.25) is 9.78 Å². The number of carbonyl (C=O) groups is 1. The number of ether oxygens (including phenoxy) is 1. The maximum atomic E-state index is 12.9. The Kier molecular flexibility index (Phi) is 4.27. The van der Waals surface area contributed by atoms with Crippen LogP contribution in [-0.2, 0) is 16.0 Å². The molecule has 1 saturated heterocycles. The number of hydrogen-bond donors (Lipinski definition) is 1. The summed E-state index contributed by atoms with van der Waals surface area (Å²) in [6, 6.07) is 4.28. The van der Waals surface area contributed by atoms with Crippen LogP contribution in [0.2, 0.25) is 0 Å². The molecule has 1 N–H and O–H groups in total. The van der Waals surface area contributed by atoms with Crippen LogP contribution >= 0.6 is 0 Å².